The molecule has 2 bridgehead atoms. The van der Waals surface area contributed by atoms with E-state index in [2.05, 4.69) is 108 Å². The second-order valence-electron chi connectivity index (χ2n) is 25.0. The van der Waals surface area contributed by atoms with E-state index in [1.54, 1.807) is 28.3 Å². The predicted octanol–water partition coefficient (Wildman–Crippen LogP) is 10.3. The van der Waals surface area contributed by atoms with E-state index in [1.807, 2.05) is 6.92 Å². The molecule has 15 heteroatoms. The van der Waals surface area contributed by atoms with Gasteiger partial charge in [0.15, 0.2) is 16.6 Å². The van der Waals surface area contributed by atoms with Gasteiger partial charge in [-0.3, -0.25) is 9.59 Å². The number of amides is 1. The third-order valence-electron chi connectivity index (χ3n) is 17.5. The summed E-state index contributed by atoms with van der Waals surface area (Å²) < 4.78 is 45.5. The number of rotatable bonds is 10. The number of hydrogen-bond donors (Lipinski definition) is 2. The smallest absolute Gasteiger partial charge is 0.329 e. The van der Waals surface area contributed by atoms with Gasteiger partial charge in [-0.25, -0.2) is 4.79 Å². The van der Waals surface area contributed by atoms with Crippen LogP contribution in [0.4, 0.5) is 0 Å². The first-order valence-electron chi connectivity index (χ1n) is 26.8. The van der Waals surface area contributed by atoms with Crippen molar-refractivity contribution in [2.75, 3.05) is 27.9 Å². The van der Waals surface area contributed by atoms with E-state index in [-0.39, 0.29) is 59.4 Å². The minimum atomic E-state index is -2.49. The lowest BCUT2D eigenvalue weighted by molar-refractivity contribution is -0.302. The number of cyclic esters (lactones) is 1. The molecule has 13 nitrogen and oxygen atoms in total. The van der Waals surface area contributed by atoms with Gasteiger partial charge < -0.3 is 47.6 Å². The van der Waals surface area contributed by atoms with Crippen LogP contribution in [-0.2, 0) is 46.9 Å². The highest BCUT2D eigenvalue weighted by Crippen LogP contribution is 2.44. The Hall–Kier alpha value is -1.80. The van der Waals surface area contributed by atoms with Gasteiger partial charge in [-0.05, 0) is 138 Å². The van der Waals surface area contributed by atoms with E-state index in [9.17, 15) is 19.8 Å². The van der Waals surface area contributed by atoms with Gasteiger partial charge >= 0.3 is 5.97 Å². The molecule has 404 valence electrons. The summed E-state index contributed by atoms with van der Waals surface area (Å²) in [7, 11) is 0.336. The Morgan fingerprint density at radius 2 is 1.39 bits per heavy atom. The van der Waals surface area contributed by atoms with Crippen molar-refractivity contribution in [3.05, 3.63) is 23.3 Å². The molecule has 0 aromatic rings. The third kappa shape index (κ3) is 14.5. The molecule has 4 aliphatic rings. The second kappa shape index (κ2) is 24.7. The molecule has 1 amide bonds. The largest absolute Gasteiger partial charge is 0.456 e. The Labute approximate surface area is 426 Å². The lowest BCUT2D eigenvalue weighted by Gasteiger charge is -2.47. The van der Waals surface area contributed by atoms with Crippen LogP contribution >= 0.6 is 0 Å². The molecule has 2 saturated heterocycles. The molecule has 70 heavy (non-hydrogen) atoms. The number of ether oxygens (including phenoxy) is 5. The number of aliphatic hydroxyl groups excluding tert-OH is 1. The van der Waals surface area contributed by atoms with Crippen molar-refractivity contribution in [3.63, 3.8) is 0 Å². The van der Waals surface area contributed by atoms with E-state index in [1.165, 1.54) is 4.90 Å². The van der Waals surface area contributed by atoms with Crippen LogP contribution in [0.15, 0.2) is 23.3 Å². The predicted molar refractivity (Wildman–Crippen MR) is 281 cm³/mol. The fourth-order valence-electron chi connectivity index (χ4n) is 10.9. The zero-order valence-corrected chi connectivity index (χ0v) is 49.1. The van der Waals surface area contributed by atoms with Crippen LogP contribution in [0, 0.1) is 29.6 Å². The highest BCUT2D eigenvalue weighted by molar-refractivity contribution is 6.74. The van der Waals surface area contributed by atoms with Gasteiger partial charge in [-0.15, -0.1) is 0 Å². The van der Waals surface area contributed by atoms with Crippen molar-refractivity contribution in [1.29, 1.82) is 0 Å². The number of hydrogen-bond acceptors (Lipinski definition) is 12. The lowest BCUT2D eigenvalue weighted by atomic mass is 9.81. The maximum atomic E-state index is 15.0. The quantitative estimate of drug-likeness (QED) is 0.0925. The van der Waals surface area contributed by atoms with Gasteiger partial charge in [0.05, 0.1) is 36.6 Å². The SMILES string of the molecule is CC[C@@H]1/C=C(\C)C[C@H](C)C[C@H](OC)[C@H]2O[C@@](O)(C(=O)C(=O)N3CCCC[C@H]3C(=O)O[C@H](/C(C)=C/[C@@H]3CC[C@@H](O[Si](C)(C)C(C)(C)C)[C@H](OC)C3)[C@H](C)[C@@H](O[Si](C)(C)C(C)(C)C)C[C@@H]1O)[C@H](C)C[C@@H]2OC. The van der Waals surface area contributed by atoms with Crippen molar-refractivity contribution in [2.45, 2.75) is 251 Å². The molecule has 0 aromatic carbocycles. The molecule has 4 rings (SSSR count). The summed E-state index contributed by atoms with van der Waals surface area (Å²) in [5.74, 6) is -6.42. The number of nitrogens with zero attached hydrogens (tertiary/aromatic N) is 1. The lowest BCUT2D eigenvalue weighted by Crippen LogP contribution is -2.64. The van der Waals surface area contributed by atoms with Crippen LogP contribution in [-0.4, -0.2) is 138 Å². The maximum absolute atomic E-state index is 15.0. The van der Waals surface area contributed by atoms with Crippen LogP contribution in [0.5, 0.6) is 0 Å². The molecular weight excluding hydrogens is 923 g/mol. The van der Waals surface area contributed by atoms with Gasteiger partial charge in [0.1, 0.15) is 18.2 Å². The molecule has 0 radical (unpaired) electrons. The molecule has 0 spiro atoms. The average molecular weight is 1020 g/mol. The van der Waals surface area contributed by atoms with E-state index in [0.29, 0.717) is 38.5 Å². The highest BCUT2D eigenvalue weighted by Gasteiger charge is 2.57. The molecule has 1 aliphatic carbocycles. The standard InChI is InChI=1S/C55H99NO12Si2/c1-20-40-28-34(2)27-35(3)29-46(63-14)49-47(64-15)31-37(5)55(61,66-49)50(58)51(59)56-26-22-21-23-41(56)52(60)65-48(38(6)44(33-42(40)57)68-70(18,19)54(10,11)12)36(4)30-39-24-25-43(45(32-39)62-13)67-69(16,17)53(7,8)9/h28,30,35,37-49,57,61H,20-27,29,31-33H2,1-19H3/b34-28+,36-30+/t35-,37+,38+,39-,40+,41-,42-,43+,44-,45+,46-,47-,48+,49+,55+/m0/s1. The fourth-order valence-corrected chi connectivity index (χ4v) is 13.7. The average Bonchev–Trinajstić information content (AvgIpc) is 3.27. The Bertz CT molecular complexity index is 1810. The van der Waals surface area contributed by atoms with Crippen molar-refractivity contribution in [1.82, 2.24) is 4.90 Å². The highest BCUT2D eigenvalue weighted by atomic mass is 28.4. The van der Waals surface area contributed by atoms with Crippen LogP contribution in [0.25, 0.3) is 0 Å². The summed E-state index contributed by atoms with van der Waals surface area (Å²) in [6, 6.07) is -1.08. The molecular formula is C55H99NO12Si2. The number of carbonyl (C=O) groups is 3. The van der Waals surface area contributed by atoms with Crippen molar-refractivity contribution < 1.29 is 57.1 Å². The van der Waals surface area contributed by atoms with Gasteiger partial charge in [0.25, 0.3) is 11.7 Å². The van der Waals surface area contributed by atoms with Gasteiger partial charge in [0, 0.05) is 45.6 Å². The summed E-state index contributed by atoms with van der Waals surface area (Å²) in [6.07, 6.45) is 6.66. The monoisotopic (exact) mass is 1020 g/mol. The molecule has 1 saturated carbocycles. The summed E-state index contributed by atoms with van der Waals surface area (Å²) >= 11 is 0. The summed E-state index contributed by atoms with van der Waals surface area (Å²) in [5.41, 5.74) is 1.97. The number of esters is 1. The number of fused-ring (bicyclic) bond motifs is 3. The number of piperidine rings is 1. The van der Waals surface area contributed by atoms with Gasteiger partial charge in [0.2, 0.25) is 5.79 Å². The number of methoxy groups -OCH3 is 3. The van der Waals surface area contributed by atoms with E-state index in [0.717, 1.165) is 30.4 Å². The number of carbonyl (C=O) groups excluding carboxylic acids is 3. The Morgan fingerprint density at radius 1 is 0.814 bits per heavy atom. The summed E-state index contributed by atoms with van der Waals surface area (Å²) in [5, 5.41) is 24.6. The van der Waals surface area contributed by atoms with E-state index < -0.39 is 94.6 Å². The van der Waals surface area contributed by atoms with Crippen molar-refractivity contribution in [3.8, 4) is 0 Å². The van der Waals surface area contributed by atoms with E-state index in [4.69, 9.17) is 32.5 Å². The van der Waals surface area contributed by atoms with Crippen LogP contribution in [0.2, 0.25) is 36.3 Å². The van der Waals surface area contributed by atoms with Crippen LogP contribution in [0.3, 0.4) is 0 Å². The fraction of sp³-hybridized carbons (Fsp3) is 0.873. The number of Topliss-reactive ketones (excluding diaryl/α,β-unsaturated/α-hetero) is 1. The third-order valence-corrected chi connectivity index (χ3v) is 26.5. The molecule has 15 atom stereocenters. The maximum Gasteiger partial charge on any atom is 0.329 e. The van der Waals surface area contributed by atoms with Crippen molar-refractivity contribution >= 4 is 34.3 Å². The normalized spacial score (nSPS) is 37.7. The first kappa shape index (κ1) is 60.8. The van der Waals surface area contributed by atoms with Crippen LogP contribution < -0.4 is 0 Å². The van der Waals surface area contributed by atoms with Gasteiger partial charge in [-0.1, -0.05) is 87.0 Å². The molecule has 0 aromatic heterocycles. The first-order valence-corrected chi connectivity index (χ1v) is 32.6. The van der Waals surface area contributed by atoms with E-state index >= 15 is 4.79 Å². The summed E-state index contributed by atoms with van der Waals surface area (Å²) in [6.45, 7) is 34.5. The van der Waals surface area contributed by atoms with Gasteiger partial charge in [-0.2, -0.15) is 0 Å². The second-order valence-corrected chi connectivity index (χ2v) is 34.6. The molecule has 0 unspecified atom stereocenters. The minimum absolute atomic E-state index is 0.0238. The molecule has 3 fully saturated rings. The molecule has 3 heterocycles. The number of allylic oxidation sites excluding steroid dienone is 2. The molecule has 3 aliphatic heterocycles. The first-order chi connectivity index (χ1) is 32.4. The Morgan fingerprint density at radius 3 is 1.94 bits per heavy atom. The van der Waals surface area contributed by atoms with Crippen LogP contribution in [0.1, 0.15) is 154 Å². The zero-order chi connectivity index (χ0) is 52.9. The Balaban J connectivity index is 1.87. The minimum Gasteiger partial charge on any atom is -0.456 e. The zero-order valence-electron chi connectivity index (χ0n) is 47.1. The number of ketones is 1. The number of aliphatic hydroxyl groups is 2. The summed E-state index contributed by atoms with van der Waals surface area (Å²) in [4.78, 5) is 45.5. The molecule has 2 N–H and O–H groups in total. The van der Waals surface area contributed by atoms with Crippen molar-refractivity contribution in [2.24, 2.45) is 29.6 Å². The Kier molecular flexibility index (Phi) is 21.4. The topological polar surface area (TPSA) is 160 Å².